The van der Waals surface area contributed by atoms with Crippen molar-refractivity contribution in [3.05, 3.63) is 111 Å². The molecular weight excluding hydrogens is 468 g/mol. The van der Waals surface area contributed by atoms with Crippen molar-refractivity contribution in [2.75, 3.05) is 5.09 Å². The summed E-state index contributed by atoms with van der Waals surface area (Å²) in [5.74, 6) is 4.59. The molecule has 3 nitrogen and oxygen atoms in total. The molecule has 0 aromatic heterocycles. The predicted molar refractivity (Wildman–Crippen MR) is 120 cm³/mol. The second-order valence-corrected chi connectivity index (χ2v) is 9.55. The van der Waals surface area contributed by atoms with Crippen LogP contribution in [-0.4, -0.2) is 0 Å². The molecule has 0 spiro atoms. The Balaban J connectivity index is 1.76. The Morgan fingerprint density at radius 3 is 1.67 bits per heavy atom. The third kappa shape index (κ3) is 4.34. The zero-order valence-corrected chi connectivity index (χ0v) is 17.4. The standard InChI is InChI=1S/C22H17INO2P/c23-19-11-13-20(14-12-19)24-27(25)15-21(17-7-3-1-4-8-17)26-22(16-27)18-9-5-2-6-10-18/h1-16H,(H,24,25). The Hall–Kier alpha value is -2.30. The molecule has 0 fully saturated rings. The molecule has 1 N–H and O–H groups in total. The van der Waals surface area contributed by atoms with Crippen molar-refractivity contribution in [1.82, 2.24) is 0 Å². The van der Waals surface area contributed by atoms with E-state index in [1.807, 2.05) is 84.9 Å². The molecular formula is C22H17INO2P. The van der Waals surface area contributed by atoms with Gasteiger partial charge in [-0.05, 0) is 46.9 Å². The van der Waals surface area contributed by atoms with Gasteiger partial charge in [0.15, 0.2) is 0 Å². The number of benzene rings is 3. The number of rotatable bonds is 4. The van der Waals surface area contributed by atoms with Gasteiger partial charge in [-0.25, -0.2) is 0 Å². The Kier molecular flexibility index (Phi) is 5.19. The van der Waals surface area contributed by atoms with E-state index in [9.17, 15) is 4.57 Å². The summed E-state index contributed by atoms with van der Waals surface area (Å²) in [6.45, 7) is 0. The van der Waals surface area contributed by atoms with Gasteiger partial charge in [-0.15, -0.1) is 0 Å². The molecule has 3 aromatic carbocycles. The summed E-state index contributed by atoms with van der Waals surface area (Å²) < 4.78 is 21.0. The van der Waals surface area contributed by atoms with Crippen LogP contribution < -0.4 is 5.09 Å². The summed E-state index contributed by atoms with van der Waals surface area (Å²) in [5, 5.41) is 3.20. The molecule has 5 heteroatoms. The van der Waals surface area contributed by atoms with Crippen LogP contribution in [0.25, 0.3) is 11.5 Å². The van der Waals surface area contributed by atoms with Crippen molar-refractivity contribution in [1.29, 1.82) is 0 Å². The number of nitrogens with one attached hydrogen (secondary N) is 1. The third-order valence-electron chi connectivity index (χ3n) is 4.10. The van der Waals surface area contributed by atoms with Gasteiger partial charge >= 0.3 is 0 Å². The van der Waals surface area contributed by atoms with Gasteiger partial charge in [-0.2, -0.15) is 0 Å². The van der Waals surface area contributed by atoms with Crippen molar-refractivity contribution in [2.24, 2.45) is 0 Å². The van der Waals surface area contributed by atoms with Crippen LogP contribution in [0.15, 0.2) is 96.6 Å². The first-order valence-electron chi connectivity index (χ1n) is 8.49. The van der Waals surface area contributed by atoms with E-state index < -0.39 is 7.29 Å². The van der Waals surface area contributed by atoms with Crippen molar-refractivity contribution in [2.45, 2.75) is 0 Å². The molecule has 0 bridgehead atoms. The first-order valence-corrected chi connectivity index (χ1v) is 11.4. The first-order chi connectivity index (χ1) is 13.1. The monoisotopic (exact) mass is 485 g/mol. The van der Waals surface area contributed by atoms with Crippen LogP contribution in [0, 0.1) is 3.57 Å². The van der Waals surface area contributed by atoms with Gasteiger partial charge in [0.05, 0.1) is 0 Å². The van der Waals surface area contributed by atoms with Gasteiger partial charge in [0, 0.05) is 32.0 Å². The van der Waals surface area contributed by atoms with Crippen LogP contribution in [0.2, 0.25) is 0 Å². The maximum absolute atomic E-state index is 13.7. The highest BCUT2D eigenvalue weighted by Crippen LogP contribution is 2.56. The van der Waals surface area contributed by atoms with Crippen molar-refractivity contribution in [3.63, 3.8) is 0 Å². The summed E-state index contributed by atoms with van der Waals surface area (Å²) in [7, 11) is -3.00. The Labute approximate surface area is 172 Å². The fraction of sp³-hybridized carbons (Fsp3) is 0. The number of hydrogen-bond acceptors (Lipinski definition) is 2. The van der Waals surface area contributed by atoms with Crippen LogP contribution >= 0.6 is 29.9 Å². The minimum atomic E-state index is -3.00. The second kappa shape index (κ2) is 7.75. The summed E-state index contributed by atoms with van der Waals surface area (Å²) in [4.78, 5) is 0. The summed E-state index contributed by atoms with van der Waals surface area (Å²) in [5.41, 5.74) is 2.60. The zero-order valence-electron chi connectivity index (χ0n) is 14.4. The normalized spacial score (nSPS) is 15.3. The van der Waals surface area contributed by atoms with Crippen LogP contribution in [0.5, 0.6) is 0 Å². The van der Waals surface area contributed by atoms with Gasteiger partial charge in [0.25, 0.3) is 0 Å². The lowest BCUT2D eigenvalue weighted by molar-refractivity contribution is 0.469. The average Bonchev–Trinajstić information content (AvgIpc) is 2.70. The molecule has 0 saturated heterocycles. The van der Waals surface area contributed by atoms with Crippen LogP contribution in [0.3, 0.4) is 0 Å². The lowest BCUT2D eigenvalue weighted by atomic mass is 10.2. The summed E-state index contributed by atoms with van der Waals surface area (Å²) >= 11 is 2.25. The van der Waals surface area contributed by atoms with E-state index >= 15 is 0 Å². The number of anilines is 1. The molecule has 1 aliphatic heterocycles. The minimum Gasteiger partial charge on any atom is -0.456 e. The molecule has 4 rings (SSSR count). The van der Waals surface area contributed by atoms with Gasteiger partial charge in [0.2, 0.25) is 7.29 Å². The van der Waals surface area contributed by atoms with E-state index in [0.717, 1.165) is 20.4 Å². The molecule has 1 heterocycles. The molecule has 27 heavy (non-hydrogen) atoms. The fourth-order valence-corrected chi connectivity index (χ4v) is 5.04. The van der Waals surface area contributed by atoms with E-state index in [4.69, 9.17) is 4.74 Å². The predicted octanol–water partition coefficient (Wildman–Crippen LogP) is 7.01. The first kappa shape index (κ1) is 18.1. The summed E-state index contributed by atoms with van der Waals surface area (Å²) in [6, 6.07) is 27.3. The molecule has 0 saturated carbocycles. The third-order valence-corrected chi connectivity index (χ3v) is 6.67. The summed E-state index contributed by atoms with van der Waals surface area (Å²) in [6.07, 6.45) is 0. The van der Waals surface area contributed by atoms with E-state index in [-0.39, 0.29) is 0 Å². The van der Waals surface area contributed by atoms with Gasteiger partial charge < -0.3 is 9.82 Å². The second-order valence-electron chi connectivity index (χ2n) is 6.15. The van der Waals surface area contributed by atoms with E-state index in [1.54, 1.807) is 11.6 Å². The SMILES string of the molecule is O=P1(Nc2ccc(I)cc2)C=C(c2ccccc2)OC(c2ccccc2)=C1. The molecule has 0 atom stereocenters. The number of halogens is 1. The van der Waals surface area contributed by atoms with Crippen LogP contribution in [-0.2, 0) is 9.30 Å². The molecule has 0 amide bonds. The molecule has 3 aromatic rings. The van der Waals surface area contributed by atoms with Gasteiger partial charge in [-0.3, -0.25) is 4.57 Å². The zero-order chi connectivity index (χ0) is 18.7. The quantitative estimate of drug-likeness (QED) is 0.319. The smallest absolute Gasteiger partial charge is 0.220 e. The fourth-order valence-electron chi connectivity index (χ4n) is 2.82. The topological polar surface area (TPSA) is 38.3 Å². The molecule has 0 unspecified atom stereocenters. The molecule has 134 valence electrons. The number of hydrogen-bond donors (Lipinski definition) is 1. The van der Waals surface area contributed by atoms with Gasteiger partial charge in [0.1, 0.15) is 11.5 Å². The van der Waals surface area contributed by atoms with E-state index in [0.29, 0.717) is 11.5 Å². The molecule has 1 aliphatic rings. The van der Waals surface area contributed by atoms with Crippen molar-refractivity contribution >= 4 is 47.1 Å². The Morgan fingerprint density at radius 1 is 0.704 bits per heavy atom. The van der Waals surface area contributed by atoms with Crippen molar-refractivity contribution < 1.29 is 9.30 Å². The Bertz CT molecular complexity index is 985. The molecule has 0 radical (unpaired) electrons. The average molecular weight is 485 g/mol. The largest absolute Gasteiger partial charge is 0.456 e. The maximum atomic E-state index is 13.7. The van der Waals surface area contributed by atoms with Crippen LogP contribution in [0.4, 0.5) is 5.69 Å². The lowest BCUT2D eigenvalue weighted by Crippen LogP contribution is -2.03. The number of ether oxygens (including phenoxy) is 1. The highest BCUT2D eigenvalue weighted by Gasteiger charge is 2.26. The van der Waals surface area contributed by atoms with E-state index in [2.05, 4.69) is 27.7 Å². The van der Waals surface area contributed by atoms with Crippen molar-refractivity contribution in [3.8, 4) is 0 Å². The van der Waals surface area contributed by atoms with E-state index in [1.165, 1.54) is 0 Å². The lowest BCUT2D eigenvalue weighted by Gasteiger charge is -2.24. The van der Waals surface area contributed by atoms with Crippen LogP contribution in [0.1, 0.15) is 11.1 Å². The minimum absolute atomic E-state index is 0.596. The highest BCUT2D eigenvalue weighted by atomic mass is 127. The van der Waals surface area contributed by atoms with Gasteiger partial charge in [-0.1, -0.05) is 60.7 Å². The Morgan fingerprint density at radius 2 is 1.19 bits per heavy atom. The highest BCUT2D eigenvalue weighted by molar-refractivity contribution is 14.1. The molecule has 0 aliphatic carbocycles. The maximum Gasteiger partial charge on any atom is 0.220 e.